The van der Waals surface area contributed by atoms with E-state index >= 15 is 0 Å². The van der Waals surface area contributed by atoms with E-state index in [9.17, 15) is 0 Å². The number of ether oxygens (including phenoxy) is 1. The van der Waals surface area contributed by atoms with E-state index in [2.05, 4.69) is 17.2 Å². The number of pyridine rings is 1. The van der Waals surface area contributed by atoms with Crippen molar-refractivity contribution >= 4 is 11.6 Å². The molecule has 0 amide bonds. The summed E-state index contributed by atoms with van der Waals surface area (Å²) >= 11 is 5.82. The van der Waals surface area contributed by atoms with Crippen molar-refractivity contribution in [2.45, 2.75) is 32.8 Å². The summed E-state index contributed by atoms with van der Waals surface area (Å²) in [6, 6.07) is 1.77. The largest absolute Gasteiger partial charge is 0.488 e. The molecule has 0 radical (unpaired) electrons. The summed E-state index contributed by atoms with van der Waals surface area (Å²) < 4.78 is 5.67. The van der Waals surface area contributed by atoms with Crippen LogP contribution >= 0.6 is 11.6 Å². The summed E-state index contributed by atoms with van der Waals surface area (Å²) in [6.45, 7) is 6.09. The summed E-state index contributed by atoms with van der Waals surface area (Å²) in [5.41, 5.74) is 0. The number of aromatic nitrogens is 1. The van der Waals surface area contributed by atoms with Gasteiger partial charge in [-0.1, -0.05) is 24.9 Å². The van der Waals surface area contributed by atoms with E-state index in [1.165, 1.54) is 12.8 Å². The predicted molar refractivity (Wildman–Crippen MR) is 67.1 cm³/mol. The van der Waals surface area contributed by atoms with Crippen LogP contribution in [0.3, 0.4) is 0 Å². The van der Waals surface area contributed by atoms with Crippen LogP contribution in [-0.4, -0.2) is 24.2 Å². The fourth-order valence-corrected chi connectivity index (χ4v) is 1.50. The second kappa shape index (κ2) is 7.47. The minimum atomic E-state index is 0.122. The Morgan fingerprint density at radius 1 is 1.50 bits per heavy atom. The molecule has 0 spiro atoms. The van der Waals surface area contributed by atoms with Crippen LogP contribution in [0.5, 0.6) is 5.75 Å². The molecule has 0 aromatic carbocycles. The molecule has 1 unspecified atom stereocenters. The second-order valence-corrected chi connectivity index (χ2v) is 4.26. The number of nitrogens with one attached hydrogen (secondary N) is 1. The van der Waals surface area contributed by atoms with Crippen LogP contribution in [0.15, 0.2) is 18.5 Å². The third-order valence-electron chi connectivity index (χ3n) is 2.16. The lowest BCUT2D eigenvalue weighted by Gasteiger charge is -2.15. The van der Waals surface area contributed by atoms with Crippen LogP contribution < -0.4 is 10.1 Å². The summed E-state index contributed by atoms with van der Waals surface area (Å²) in [5, 5.41) is 3.94. The molecule has 90 valence electrons. The molecular weight excluding hydrogens is 224 g/mol. The van der Waals surface area contributed by atoms with E-state index < -0.39 is 0 Å². The van der Waals surface area contributed by atoms with E-state index in [0.29, 0.717) is 5.02 Å². The maximum atomic E-state index is 5.82. The fraction of sp³-hybridized carbons (Fsp3) is 0.583. The van der Waals surface area contributed by atoms with E-state index in [0.717, 1.165) is 18.8 Å². The highest BCUT2D eigenvalue weighted by Gasteiger charge is 2.03. The minimum absolute atomic E-state index is 0.122. The van der Waals surface area contributed by atoms with Crippen molar-refractivity contribution in [1.82, 2.24) is 10.3 Å². The Morgan fingerprint density at radius 3 is 3.00 bits per heavy atom. The molecule has 1 aromatic heterocycles. The number of halogens is 1. The first-order chi connectivity index (χ1) is 7.72. The molecule has 0 aliphatic carbocycles. The molecule has 1 N–H and O–H groups in total. The van der Waals surface area contributed by atoms with Gasteiger partial charge in [-0.15, -0.1) is 0 Å². The van der Waals surface area contributed by atoms with Crippen LogP contribution in [0, 0.1) is 0 Å². The maximum absolute atomic E-state index is 5.82. The predicted octanol–water partition coefficient (Wildman–Crippen LogP) is 2.89. The monoisotopic (exact) mass is 242 g/mol. The molecule has 1 atom stereocenters. The van der Waals surface area contributed by atoms with Gasteiger partial charge in [0.2, 0.25) is 0 Å². The molecule has 1 heterocycles. The number of nitrogens with zero attached hydrogens (tertiary/aromatic N) is 1. The Hall–Kier alpha value is -0.800. The molecule has 1 aromatic rings. The third kappa shape index (κ3) is 5.33. The number of rotatable bonds is 7. The van der Waals surface area contributed by atoms with Gasteiger partial charge in [0.05, 0.1) is 11.2 Å². The quantitative estimate of drug-likeness (QED) is 0.747. The van der Waals surface area contributed by atoms with E-state index in [1.807, 2.05) is 6.92 Å². The van der Waals surface area contributed by atoms with E-state index in [1.54, 1.807) is 18.5 Å². The van der Waals surface area contributed by atoms with Crippen molar-refractivity contribution in [2.75, 3.05) is 13.1 Å². The zero-order valence-corrected chi connectivity index (χ0v) is 10.6. The van der Waals surface area contributed by atoms with Crippen LogP contribution in [0.4, 0.5) is 0 Å². The topological polar surface area (TPSA) is 34.1 Å². The molecule has 0 saturated heterocycles. The van der Waals surface area contributed by atoms with Crippen LogP contribution in [0.2, 0.25) is 5.02 Å². The number of hydrogen-bond acceptors (Lipinski definition) is 3. The Labute approximate surface area is 102 Å². The van der Waals surface area contributed by atoms with Gasteiger partial charge in [0.15, 0.2) is 0 Å². The summed E-state index contributed by atoms with van der Waals surface area (Å²) in [7, 11) is 0. The Bertz CT molecular complexity index is 307. The van der Waals surface area contributed by atoms with Crippen molar-refractivity contribution in [3.63, 3.8) is 0 Å². The first-order valence-corrected chi connectivity index (χ1v) is 6.08. The average Bonchev–Trinajstić information content (AvgIpc) is 2.24. The van der Waals surface area contributed by atoms with Gasteiger partial charge in [0, 0.05) is 18.8 Å². The first-order valence-electron chi connectivity index (χ1n) is 5.70. The Kier molecular flexibility index (Phi) is 6.19. The van der Waals surface area contributed by atoms with Crippen molar-refractivity contribution in [3.05, 3.63) is 23.5 Å². The van der Waals surface area contributed by atoms with Crippen LogP contribution in [-0.2, 0) is 0 Å². The summed E-state index contributed by atoms with van der Waals surface area (Å²) in [5.74, 6) is 0.720. The zero-order valence-electron chi connectivity index (χ0n) is 9.87. The van der Waals surface area contributed by atoms with Crippen molar-refractivity contribution < 1.29 is 4.74 Å². The highest BCUT2D eigenvalue weighted by Crippen LogP contribution is 2.16. The Morgan fingerprint density at radius 2 is 2.31 bits per heavy atom. The molecule has 0 saturated carbocycles. The molecule has 0 aliphatic rings. The molecule has 3 nitrogen and oxygen atoms in total. The minimum Gasteiger partial charge on any atom is -0.488 e. The second-order valence-electron chi connectivity index (χ2n) is 3.83. The van der Waals surface area contributed by atoms with Crippen molar-refractivity contribution in [3.8, 4) is 5.75 Å². The van der Waals surface area contributed by atoms with Gasteiger partial charge in [-0.3, -0.25) is 4.98 Å². The van der Waals surface area contributed by atoms with Crippen molar-refractivity contribution in [1.29, 1.82) is 0 Å². The molecule has 1 rings (SSSR count). The molecule has 4 heteroatoms. The molecule has 0 fully saturated rings. The van der Waals surface area contributed by atoms with Gasteiger partial charge >= 0.3 is 0 Å². The maximum Gasteiger partial charge on any atom is 0.139 e. The first kappa shape index (κ1) is 13.3. The van der Waals surface area contributed by atoms with Gasteiger partial charge in [-0.2, -0.15) is 0 Å². The summed E-state index contributed by atoms with van der Waals surface area (Å²) in [6.07, 6.45) is 5.80. The standard InChI is InChI=1S/C12H19ClN2O/c1-3-4-5-14-7-10(2)16-12-6-11(13)8-15-9-12/h6,8-10,14H,3-5,7H2,1-2H3. The normalized spacial score (nSPS) is 12.4. The van der Waals surface area contributed by atoms with Crippen molar-refractivity contribution in [2.24, 2.45) is 0 Å². The Balaban J connectivity index is 2.25. The van der Waals surface area contributed by atoms with E-state index in [-0.39, 0.29) is 6.10 Å². The molecule has 16 heavy (non-hydrogen) atoms. The lowest BCUT2D eigenvalue weighted by atomic mass is 10.3. The zero-order chi connectivity index (χ0) is 11.8. The third-order valence-corrected chi connectivity index (χ3v) is 2.36. The van der Waals surface area contributed by atoms with Gasteiger partial charge in [0.1, 0.15) is 11.9 Å². The van der Waals surface area contributed by atoms with Crippen LogP contribution in [0.1, 0.15) is 26.7 Å². The smallest absolute Gasteiger partial charge is 0.139 e. The van der Waals surface area contributed by atoms with Gasteiger partial charge < -0.3 is 10.1 Å². The lowest BCUT2D eigenvalue weighted by molar-refractivity contribution is 0.216. The van der Waals surface area contributed by atoms with Crippen LogP contribution in [0.25, 0.3) is 0 Å². The lowest BCUT2D eigenvalue weighted by Crippen LogP contribution is -2.29. The highest BCUT2D eigenvalue weighted by atomic mass is 35.5. The molecule has 0 aliphatic heterocycles. The number of hydrogen-bond donors (Lipinski definition) is 1. The fourth-order valence-electron chi connectivity index (χ4n) is 1.34. The number of unbranched alkanes of at least 4 members (excludes halogenated alkanes) is 1. The van der Waals surface area contributed by atoms with Gasteiger partial charge in [0.25, 0.3) is 0 Å². The SMILES string of the molecule is CCCCNCC(C)Oc1cncc(Cl)c1. The summed E-state index contributed by atoms with van der Waals surface area (Å²) in [4.78, 5) is 3.97. The average molecular weight is 243 g/mol. The molecular formula is C12H19ClN2O. The van der Waals surface area contributed by atoms with E-state index in [4.69, 9.17) is 16.3 Å². The molecule has 0 bridgehead atoms. The van der Waals surface area contributed by atoms with Gasteiger partial charge in [-0.25, -0.2) is 0 Å². The van der Waals surface area contributed by atoms with Gasteiger partial charge in [-0.05, 0) is 19.9 Å². The highest BCUT2D eigenvalue weighted by molar-refractivity contribution is 6.30.